The normalized spacial score (nSPS) is 16.3. The van der Waals surface area contributed by atoms with Crippen molar-refractivity contribution in [2.45, 2.75) is 25.8 Å². The van der Waals surface area contributed by atoms with Crippen molar-refractivity contribution in [1.82, 2.24) is 15.3 Å². The minimum atomic E-state index is -0.961. The number of hydrogen-bond donors (Lipinski definition) is 4. The Labute approximate surface area is 151 Å². The second-order valence-electron chi connectivity index (χ2n) is 6.21. The summed E-state index contributed by atoms with van der Waals surface area (Å²) in [4.78, 5) is 30.0. The van der Waals surface area contributed by atoms with E-state index in [-0.39, 0.29) is 12.3 Å². The van der Waals surface area contributed by atoms with E-state index in [1.807, 2.05) is 18.2 Å². The quantitative estimate of drug-likeness (QED) is 0.532. The number of ether oxygens (including phenoxy) is 1. The SMILES string of the molecule is O=C(O)CC1Cc2ccc(OCCCNc3ncc[nH]3)cc2CNC1=O. The molecule has 0 aliphatic carbocycles. The molecule has 4 N–H and O–H groups in total. The van der Waals surface area contributed by atoms with E-state index in [1.165, 1.54) is 0 Å². The van der Waals surface area contributed by atoms with Gasteiger partial charge in [-0.2, -0.15) is 0 Å². The van der Waals surface area contributed by atoms with E-state index in [0.717, 1.165) is 35.8 Å². The minimum Gasteiger partial charge on any atom is -0.494 e. The number of carbonyl (C=O) groups excluding carboxylic acids is 1. The number of aromatic amines is 1. The van der Waals surface area contributed by atoms with Gasteiger partial charge >= 0.3 is 5.97 Å². The lowest BCUT2D eigenvalue weighted by atomic mass is 9.94. The molecule has 1 aliphatic heterocycles. The molecule has 8 nitrogen and oxygen atoms in total. The third-order valence-corrected chi connectivity index (χ3v) is 4.27. The average molecular weight is 358 g/mol. The third-order valence-electron chi connectivity index (χ3n) is 4.27. The molecule has 0 bridgehead atoms. The molecule has 2 aromatic rings. The fraction of sp³-hybridized carbons (Fsp3) is 0.389. The molecule has 1 amide bonds. The Kier molecular flexibility index (Phi) is 5.73. The predicted octanol–water partition coefficient (Wildman–Crippen LogP) is 1.55. The van der Waals surface area contributed by atoms with Crippen LogP contribution >= 0.6 is 0 Å². The highest BCUT2D eigenvalue weighted by Crippen LogP contribution is 2.24. The zero-order chi connectivity index (χ0) is 18.4. The van der Waals surface area contributed by atoms with Crippen molar-refractivity contribution in [3.63, 3.8) is 0 Å². The van der Waals surface area contributed by atoms with Crippen LogP contribution in [0.2, 0.25) is 0 Å². The number of anilines is 1. The van der Waals surface area contributed by atoms with Crippen LogP contribution in [-0.2, 0) is 22.6 Å². The summed E-state index contributed by atoms with van der Waals surface area (Å²) >= 11 is 0. The summed E-state index contributed by atoms with van der Waals surface area (Å²) < 4.78 is 5.77. The number of benzene rings is 1. The van der Waals surface area contributed by atoms with Gasteiger partial charge in [0.15, 0.2) is 5.95 Å². The summed E-state index contributed by atoms with van der Waals surface area (Å²) in [6.45, 7) is 1.69. The number of nitrogens with zero attached hydrogens (tertiary/aromatic N) is 1. The van der Waals surface area contributed by atoms with Gasteiger partial charge in [0, 0.05) is 25.5 Å². The van der Waals surface area contributed by atoms with Gasteiger partial charge in [-0.05, 0) is 36.1 Å². The Bertz CT molecular complexity index is 761. The smallest absolute Gasteiger partial charge is 0.304 e. The Morgan fingerprint density at radius 1 is 1.38 bits per heavy atom. The molecule has 8 heteroatoms. The first-order chi connectivity index (χ1) is 12.6. The number of hydrogen-bond acceptors (Lipinski definition) is 5. The molecule has 2 heterocycles. The van der Waals surface area contributed by atoms with Gasteiger partial charge in [-0.3, -0.25) is 9.59 Å². The van der Waals surface area contributed by atoms with E-state index >= 15 is 0 Å². The molecule has 0 saturated carbocycles. The van der Waals surface area contributed by atoms with Crippen molar-refractivity contribution in [2.24, 2.45) is 5.92 Å². The lowest BCUT2D eigenvalue weighted by Gasteiger charge is -2.12. The molecule has 3 rings (SSSR count). The molecule has 0 fully saturated rings. The van der Waals surface area contributed by atoms with Gasteiger partial charge in [0.05, 0.1) is 18.9 Å². The van der Waals surface area contributed by atoms with Crippen molar-refractivity contribution in [1.29, 1.82) is 0 Å². The van der Waals surface area contributed by atoms with Gasteiger partial charge in [-0.1, -0.05) is 6.07 Å². The Hall–Kier alpha value is -3.03. The van der Waals surface area contributed by atoms with Gasteiger partial charge in [0.1, 0.15) is 5.75 Å². The molecule has 1 aromatic carbocycles. The van der Waals surface area contributed by atoms with Crippen LogP contribution in [0.1, 0.15) is 24.0 Å². The molecule has 0 spiro atoms. The first kappa shape index (κ1) is 17.8. The van der Waals surface area contributed by atoms with Gasteiger partial charge in [0.25, 0.3) is 0 Å². The molecule has 26 heavy (non-hydrogen) atoms. The maximum Gasteiger partial charge on any atom is 0.304 e. The fourth-order valence-electron chi connectivity index (χ4n) is 2.95. The molecule has 1 aromatic heterocycles. The van der Waals surface area contributed by atoms with Crippen molar-refractivity contribution in [2.75, 3.05) is 18.5 Å². The first-order valence-corrected chi connectivity index (χ1v) is 8.59. The van der Waals surface area contributed by atoms with Crippen LogP contribution < -0.4 is 15.4 Å². The van der Waals surface area contributed by atoms with Gasteiger partial charge in [0.2, 0.25) is 5.91 Å². The number of amides is 1. The van der Waals surface area contributed by atoms with E-state index in [9.17, 15) is 9.59 Å². The number of aliphatic carboxylic acids is 1. The minimum absolute atomic E-state index is 0.161. The number of carboxylic acids is 1. The Balaban J connectivity index is 1.52. The van der Waals surface area contributed by atoms with E-state index in [2.05, 4.69) is 20.6 Å². The molecule has 138 valence electrons. The molecular formula is C18H22N4O4. The molecular weight excluding hydrogens is 336 g/mol. The maximum atomic E-state index is 12.0. The molecule has 1 unspecified atom stereocenters. The Morgan fingerprint density at radius 2 is 2.27 bits per heavy atom. The van der Waals surface area contributed by atoms with Crippen LogP contribution in [0.15, 0.2) is 30.6 Å². The summed E-state index contributed by atoms with van der Waals surface area (Å²) in [6.07, 6.45) is 4.53. The maximum absolute atomic E-state index is 12.0. The number of imidazole rings is 1. The summed E-state index contributed by atoms with van der Waals surface area (Å²) in [7, 11) is 0. The number of carboxylic acid groups (broad SMARTS) is 1. The lowest BCUT2D eigenvalue weighted by Crippen LogP contribution is -2.30. The van der Waals surface area contributed by atoms with E-state index < -0.39 is 11.9 Å². The summed E-state index contributed by atoms with van der Waals surface area (Å²) in [5.74, 6) is -0.227. The van der Waals surface area contributed by atoms with Crippen molar-refractivity contribution in [3.8, 4) is 5.75 Å². The van der Waals surface area contributed by atoms with Gasteiger partial charge in [-0.15, -0.1) is 0 Å². The monoisotopic (exact) mass is 358 g/mol. The topological polar surface area (TPSA) is 116 Å². The molecule has 1 atom stereocenters. The van der Waals surface area contributed by atoms with Crippen LogP contribution in [0.5, 0.6) is 5.75 Å². The summed E-state index contributed by atoms with van der Waals surface area (Å²) in [5.41, 5.74) is 1.96. The molecule has 1 aliphatic rings. The van der Waals surface area contributed by atoms with Crippen LogP contribution in [0.3, 0.4) is 0 Å². The number of aromatic nitrogens is 2. The van der Waals surface area contributed by atoms with E-state index in [4.69, 9.17) is 9.84 Å². The second-order valence-corrected chi connectivity index (χ2v) is 6.21. The lowest BCUT2D eigenvalue weighted by molar-refractivity contribution is -0.141. The predicted molar refractivity (Wildman–Crippen MR) is 94.9 cm³/mol. The zero-order valence-electron chi connectivity index (χ0n) is 14.3. The number of carbonyl (C=O) groups is 2. The van der Waals surface area contributed by atoms with Crippen LogP contribution in [-0.4, -0.2) is 40.1 Å². The van der Waals surface area contributed by atoms with Crippen molar-refractivity contribution in [3.05, 3.63) is 41.7 Å². The highest BCUT2D eigenvalue weighted by atomic mass is 16.5. The number of rotatable bonds is 8. The van der Waals surface area contributed by atoms with E-state index in [0.29, 0.717) is 19.6 Å². The Morgan fingerprint density at radius 3 is 3.04 bits per heavy atom. The second kappa shape index (κ2) is 8.37. The van der Waals surface area contributed by atoms with Crippen molar-refractivity contribution >= 4 is 17.8 Å². The zero-order valence-corrected chi connectivity index (χ0v) is 14.3. The van der Waals surface area contributed by atoms with Crippen molar-refractivity contribution < 1.29 is 19.4 Å². The largest absolute Gasteiger partial charge is 0.494 e. The van der Waals surface area contributed by atoms with Crippen LogP contribution in [0, 0.1) is 5.92 Å². The number of nitrogens with one attached hydrogen (secondary N) is 3. The van der Waals surface area contributed by atoms with Crippen LogP contribution in [0.4, 0.5) is 5.95 Å². The van der Waals surface area contributed by atoms with Gasteiger partial charge < -0.3 is 25.5 Å². The summed E-state index contributed by atoms with van der Waals surface area (Å²) in [6, 6.07) is 5.70. The summed E-state index contributed by atoms with van der Waals surface area (Å²) in [5, 5.41) is 14.9. The highest BCUT2D eigenvalue weighted by molar-refractivity contribution is 5.84. The average Bonchev–Trinajstić information content (AvgIpc) is 3.08. The first-order valence-electron chi connectivity index (χ1n) is 8.59. The van der Waals surface area contributed by atoms with Crippen LogP contribution in [0.25, 0.3) is 0 Å². The molecule has 0 radical (unpaired) electrons. The third kappa shape index (κ3) is 4.75. The highest BCUT2D eigenvalue weighted by Gasteiger charge is 2.26. The number of H-pyrrole nitrogens is 1. The number of fused-ring (bicyclic) bond motifs is 1. The standard InChI is InChI=1S/C18H22N4O4/c23-16(24)10-13-8-12-2-3-15(9-14(12)11-22-17(13)25)26-7-1-4-19-18-20-5-6-21-18/h2-3,5-6,9,13H,1,4,7-8,10-11H2,(H,22,25)(H,23,24)(H2,19,20,21). The van der Waals surface area contributed by atoms with Gasteiger partial charge in [-0.25, -0.2) is 4.98 Å². The fourth-order valence-corrected chi connectivity index (χ4v) is 2.95. The molecule has 0 saturated heterocycles. The van der Waals surface area contributed by atoms with E-state index in [1.54, 1.807) is 12.4 Å².